The molecule has 0 aromatic heterocycles. The first-order valence-corrected chi connectivity index (χ1v) is 10.5. The molecule has 8 heteroatoms. The summed E-state index contributed by atoms with van der Waals surface area (Å²) >= 11 is 18.7. The van der Waals surface area contributed by atoms with E-state index in [1.807, 2.05) is 25.1 Å². The normalized spacial score (nSPS) is 15.8. The quantitative estimate of drug-likeness (QED) is 0.456. The molecule has 29 heavy (non-hydrogen) atoms. The summed E-state index contributed by atoms with van der Waals surface area (Å²) in [6.07, 6.45) is 2.54. The van der Waals surface area contributed by atoms with E-state index in [9.17, 15) is 0 Å². The van der Waals surface area contributed by atoms with Crippen LogP contribution < -0.4 is 14.8 Å². The molecule has 0 radical (unpaired) electrons. The summed E-state index contributed by atoms with van der Waals surface area (Å²) in [6.45, 7) is 5.08. The first-order valence-electron chi connectivity index (χ1n) is 9.41. The van der Waals surface area contributed by atoms with E-state index >= 15 is 0 Å². The molecule has 1 fully saturated rings. The molecule has 0 amide bonds. The fourth-order valence-electron chi connectivity index (χ4n) is 3.10. The molecule has 1 heterocycles. The molecule has 2 aromatic carbocycles. The smallest absolute Gasteiger partial charge is 0.180 e. The predicted molar refractivity (Wildman–Crippen MR) is 121 cm³/mol. The van der Waals surface area contributed by atoms with E-state index in [1.54, 1.807) is 12.1 Å². The minimum Gasteiger partial charge on any atom is -0.490 e. The van der Waals surface area contributed by atoms with Gasteiger partial charge in [0.2, 0.25) is 0 Å². The minimum atomic E-state index is 0. The van der Waals surface area contributed by atoms with Gasteiger partial charge in [0.25, 0.3) is 0 Å². The van der Waals surface area contributed by atoms with Gasteiger partial charge in [-0.2, -0.15) is 0 Å². The monoisotopic (exact) mass is 479 g/mol. The van der Waals surface area contributed by atoms with Crippen LogP contribution in [0, 0.1) is 0 Å². The summed E-state index contributed by atoms with van der Waals surface area (Å²) in [5.74, 6) is 1.13. The highest BCUT2D eigenvalue weighted by molar-refractivity contribution is 6.35. The molecule has 2 aromatic rings. The Morgan fingerprint density at radius 1 is 1.10 bits per heavy atom. The zero-order chi connectivity index (χ0) is 19.9. The number of nitrogens with one attached hydrogen (secondary N) is 1. The average molecular weight is 481 g/mol. The lowest BCUT2D eigenvalue weighted by molar-refractivity contribution is 0.110. The van der Waals surface area contributed by atoms with Crippen LogP contribution in [0.2, 0.25) is 15.1 Å². The molecule has 1 atom stereocenters. The topological polar surface area (TPSA) is 39.7 Å². The number of rotatable bonds is 9. The predicted octanol–water partition coefficient (Wildman–Crippen LogP) is 6.31. The van der Waals surface area contributed by atoms with Crippen LogP contribution in [0.1, 0.15) is 30.9 Å². The fraction of sp³-hybridized carbons (Fsp3) is 0.429. The van der Waals surface area contributed by atoms with E-state index in [2.05, 4.69) is 5.32 Å². The van der Waals surface area contributed by atoms with Crippen molar-refractivity contribution >= 4 is 47.2 Å². The molecule has 1 N–H and O–H groups in total. The molecule has 1 unspecified atom stereocenters. The summed E-state index contributed by atoms with van der Waals surface area (Å²) in [5, 5.41) is 5.06. The summed E-state index contributed by atoms with van der Waals surface area (Å²) in [7, 11) is 0. The molecule has 1 aliphatic rings. The van der Waals surface area contributed by atoms with E-state index in [1.165, 1.54) is 0 Å². The fourth-order valence-corrected chi connectivity index (χ4v) is 3.85. The van der Waals surface area contributed by atoms with Gasteiger partial charge in [-0.3, -0.25) is 0 Å². The molecule has 1 aliphatic heterocycles. The first-order chi connectivity index (χ1) is 13.6. The van der Waals surface area contributed by atoms with E-state index in [4.69, 9.17) is 49.0 Å². The van der Waals surface area contributed by atoms with Crippen molar-refractivity contribution in [2.45, 2.75) is 39.0 Å². The third-order valence-electron chi connectivity index (χ3n) is 4.48. The lowest BCUT2D eigenvalue weighted by Gasteiger charge is -2.17. The molecule has 0 bridgehead atoms. The van der Waals surface area contributed by atoms with Crippen LogP contribution in [-0.4, -0.2) is 25.9 Å². The van der Waals surface area contributed by atoms with Crippen LogP contribution in [0.15, 0.2) is 30.3 Å². The lowest BCUT2D eigenvalue weighted by atomic mass is 10.2. The summed E-state index contributed by atoms with van der Waals surface area (Å²) in [4.78, 5) is 0. The van der Waals surface area contributed by atoms with E-state index < -0.39 is 0 Å². The summed E-state index contributed by atoms with van der Waals surface area (Å²) < 4.78 is 17.3. The third kappa shape index (κ3) is 7.09. The maximum Gasteiger partial charge on any atom is 0.180 e. The third-order valence-corrected chi connectivity index (χ3v) is 5.35. The van der Waals surface area contributed by atoms with Crippen molar-refractivity contribution in [3.05, 3.63) is 56.5 Å². The van der Waals surface area contributed by atoms with Gasteiger partial charge < -0.3 is 19.5 Å². The second-order valence-electron chi connectivity index (χ2n) is 6.63. The number of benzene rings is 2. The average Bonchev–Trinajstić information content (AvgIpc) is 3.16. The molecule has 0 spiro atoms. The highest BCUT2D eigenvalue weighted by Gasteiger charge is 2.16. The van der Waals surface area contributed by atoms with Gasteiger partial charge in [-0.25, -0.2) is 0 Å². The summed E-state index contributed by atoms with van der Waals surface area (Å²) in [6, 6.07) is 9.15. The largest absolute Gasteiger partial charge is 0.490 e. The Bertz CT molecular complexity index is 798. The van der Waals surface area contributed by atoms with Crippen LogP contribution in [0.3, 0.4) is 0 Å². The van der Waals surface area contributed by atoms with E-state index in [0.29, 0.717) is 45.8 Å². The van der Waals surface area contributed by atoms with Gasteiger partial charge in [-0.15, -0.1) is 12.4 Å². The minimum absolute atomic E-state index is 0. The second kappa shape index (κ2) is 12.1. The van der Waals surface area contributed by atoms with E-state index in [-0.39, 0.29) is 19.0 Å². The van der Waals surface area contributed by atoms with Crippen molar-refractivity contribution < 1.29 is 14.2 Å². The van der Waals surface area contributed by atoms with Gasteiger partial charge in [0.1, 0.15) is 6.61 Å². The van der Waals surface area contributed by atoms with Crippen molar-refractivity contribution in [2.75, 3.05) is 19.8 Å². The molecular weight excluding hydrogens is 456 g/mol. The Hall–Kier alpha value is -0.880. The zero-order valence-corrected chi connectivity index (χ0v) is 19.3. The maximum absolute atomic E-state index is 6.50. The van der Waals surface area contributed by atoms with Crippen LogP contribution in [0.4, 0.5) is 0 Å². The van der Waals surface area contributed by atoms with Crippen LogP contribution in [-0.2, 0) is 17.9 Å². The maximum atomic E-state index is 6.50. The molecule has 1 saturated heterocycles. The number of hydrogen-bond acceptors (Lipinski definition) is 4. The van der Waals surface area contributed by atoms with Gasteiger partial charge in [0.15, 0.2) is 11.5 Å². The Balaban J connectivity index is 0.00000300. The van der Waals surface area contributed by atoms with Gasteiger partial charge in [-0.1, -0.05) is 40.9 Å². The van der Waals surface area contributed by atoms with Gasteiger partial charge in [0, 0.05) is 35.3 Å². The zero-order valence-electron chi connectivity index (χ0n) is 16.2. The molecule has 3 rings (SSSR count). The molecule has 4 nitrogen and oxygen atoms in total. The van der Waals surface area contributed by atoms with E-state index in [0.717, 1.165) is 37.1 Å². The van der Waals surface area contributed by atoms with Crippen molar-refractivity contribution in [3.8, 4) is 11.5 Å². The first kappa shape index (κ1) is 24.4. The Morgan fingerprint density at radius 2 is 1.93 bits per heavy atom. The Kier molecular flexibility index (Phi) is 10.2. The van der Waals surface area contributed by atoms with Crippen molar-refractivity contribution in [2.24, 2.45) is 0 Å². The molecule has 0 aliphatic carbocycles. The van der Waals surface area contributed by atoms with Crippen LogP contribution in [0.25, 0.3) is 0 Å². The Morgan fingerprint density at radius 3 is 2.62 bits per heavy atom. The highest BCUT2D eigenvalue weighted by atomic mass is 35.5. The number of halogens is 4. The SMILES string of the molecule is CCOc1cc(CNCC2CCCO2)cc(Cl)c1OCc1ccc(Cl)cc1Cl.Cl. The molecule has 160 valence electrons. The number of ether oxygens (including phenoxy) is 3. The lowest BCUT2D eigenvalue weighted by Crippen LogP contribution is -2.25. The standard InChI is InChI=1S/C21H24Cl3NO3.ClH/c1-2-26-20-9-14(11-25-12-17-4-3-7-27-17)8-19(24)21(20)28-13-15-5-6-16(22)10-18(15)23;/h5-6,8-10,17,25H,2-4,7,11-13H2,1H3;1H. The summed E-state index contributed by atoms with van der Waals surface area (Å²) in [5.41, 5.74) is 1.86. The van der Waals surface area contributed by atoms with Gasteiger partial charge in [-0.05, 0) is 49.6 Å². The highest BCUT2D eigenvalue weighted by Crippen LogP contribution is 2.37. The van der Waals surface area contributed by atoms with Gasteiger partial charge >= 0.3 is 0 Å². The molecular formula is C21H25Cl4NO3. The van der Waals surface area contributed by atoms with Crippen molar-refractivity contribution in [1.82, 2.24) is 5.32 Å². The number of hydrogen-bond donors (Lipinski definition) is 1. The van der Waals surface area contributed by atoms with Gasteiger partial charge in [0.05, 0.1) is 17.7 Å². The van der Waals surface area contributed by atoms with Crippen LogP contribution >= 0.6 is 47.2 Å². The second-order valence-corrected chi connectivity index (χ2v) is 7.88. The van der Waals surface area contributed by atoms with Crippen molar-refractivity contribution in [1.29, 1.82) is 0 Å². The van der Waals surface area contributed by atoms with Crippen LogP contribution in [0.5, 0.6) is 11.5 Å². The molecule has 0 saturated carbocycles. The Labute approximate surface area is 193 Å². The van der Waals surface area contributed by atoms with Crippen molar-refractivity contribution in [3.63, 3.8) is 0 Å².